The van der Waals surface area contributed by atoms with Gasteiger partial charge in [-0.15, -0.1) is 23.1 Å². The number of nitrogens with two attached hydrogens (primary N) is 1. The van der Waals surface area contributed by atoms with Gasteiger partial charge in [0.05, 0.1) is 11.1 Å². The van der Waals surface area contributed by atoms with E-state index in [9.17, 15) is 9.59 Å². The summed E-state index contributed by atoms with van der Waals surface area (Å²) in [6, 6.07) is 7.54. The highest BCUT2D eigenvalue weighted by Gasteiger charge is 2.25. The first-order chi connectivity index (χ1) is 12.1. The summed E-state index contributed by atoms with van der Waals surface area (Å²) < 4.78 is 0. The molecule has 6 heteroatoms. The number of carbonyl (C=O) groups is 2. The van der Waals surface area contributed by atoms with Crippen molar-refractivity contribution in [3.05, 3.63) is 45.8 Å². The number of benzene rings is 1. The van der Waals surface area contributed by atoms with Crippen LogP contribution in [0.15, 0.2) is 29.2 Å². The summed E-state index contributed by atoms with van der Waals surface area (Å²) in [5, 5.41) is 3.55. The molecule has 1 heterocycles. The van der Waals surface area contributed by atoms with Gasteiger partial charge in [-0.25, -0.2) is 0 Å². The number of amides is 2. The number of thioether (sulfide) groups is 1. The summed E-state index contributed by atoms with van der Waals surface area (Å²) in [4.78, 5) is 27.0. The van der Waals surface area contributed by atoms with E-state index in [4.69, 9.17) is 5.73 Å². The molecule has 0 radical (unpaired) electrons. The molecular weight excluding hydrogens is 352 g/mol. The van der Waals surface area contributed by atoms with Gasteiger partial charge in [0.2, 0.25) is 0 Å². The van der Waals surface area contributed by atoms with Gasteiger partial charge in [-0.3, -0.25) is 9.59 Å². The normalized spacial score (nSPS) is 13.8. The zero-order valence-electron chi connectivity index (χ0n) is 14.3. The van der Waals surface area contributed by atoms with Crippen molar-refractivity contribution in [3.8, 4) is 0 Å². The van der Waals surface area contributed by atoms with Gasteiger partial charge in [0.25, 0.3) is 11.8 Å². The molecule has 0 bridgehead atoms. The molecule has 0 atom stereocenters. The second kappa shape index (κ2) is 8.06. The molecule has 0 spiro atoms. The van der Waals surface area contributed by atoms with Crippen molar-refractivity contribution < 1.29 is 9.59 Å². The van der Waals surface area contributed by atoms with E-state index in [1.807, 2.05) is 24.3 Å². The maximum atomic E-state index is 12.8. The largest absolute Gasteiger partial charge is 0.365 e. The predicted molar refractivity (Wildman–Crippen MR) is 105 cm³/mol. The van der Waals surface area contributed by atoms with Gasteiger partial charge in [-0.2, -0.15) is 0 Å². The number of nitrogens with one attached hydrogen (secondary N) is 1. The Hall–Kier alpha value is -1.79. The summed E-state index contributed by atoms with van der Waals surface area (Å²) in [5.41, 5.74) is 7.82. The fourth-order valence-electron chi connectivity index (χ4n) is 3.20. The standard InChI is InChI=1S/C19H22N2O2S2/c1-2-24-14-10-7-6-9-13(14)18(23)21-19-16(17(20)22)12-8-4-3-5-11-15(12)25-19/h6-7,9-10H,2-5,8,11H2,1H3,(H2,20,22)(H,21,23). The van der Waals surface area contributed by atoms with E-state index in [-0.39, 0.29) is 5.91 Å². The topological polar surface area (TPSA) is 72.2 Å². The number of aryl methyl sites for hydroxylation is 1. The van der Waals surface area contributed by atoms with Crippen molar-refractivity contribution in [1.29, 1.82) is 0 Å². The molecule has 1 aromatic carbocycles. The molecule has 0 unspecified atom stereocenters. The molecule has 3 N–H and O–H groups in total. The van der Waals surface area contributed by atoms with E-state index in [0.29, 0.717) is 16.1 Å². The zero-order valence-corrected chi connectivity index (χ0v) is 15.9. The quantitative estimate of drug-likeness (QED) is 0.599. The predicted octanol–water partition coefficient (Wildman–Crippen LogP) is 4.48. The Bertz CT molecular complexity index is 799. The maximum Gasteiger partial charge on any atom is 0.257 e. The Morgan fingerprint density at radius 1 is 1.20 bits per heavy atom. The Balaban J connectivity index is 1.93. The molecule has 1 aromatic heterocycles. The lowest BCUT2D eigenvalue weighted by atomic mass is 10.1. The van der Waals surface area contributed by atoms with Crippen LogP contribution in [0, 0.1) is 0 Å². The van der Waals surface area contributed by atoms with Gasteiger partial charge in [-0.1, -0.05) is 25.5 Å². The molecule has 2 aromatic rings. The minimum atomic E-state index is -0.453. The van der Waals surface area contributed by atoms with Crippen LogP contribution in [0.3, 0.4) is 0 Å². The summed E-state index contributed by atoms with van der Waals surface area (Å²) in [5.74, 6) is 0.255. The second-order valence-electron chi connectivity index (χ2n) is 6.02. The number of fused-ring (bicyclic) bond motifs is 1. The van der Waals surface area contributed by atoms with E-state index in [1.54, 1.807) is 11.8 Å². The maximum absolute atomic E-state index is 12.8. The fourth-order valence-corrected chi connectivity index (χ4v) is 5.29. The van der Waals surface area contributed by atoms with E-state index in [1.165, 1.54) is 22.6 Å². The number of hydrogen-bond acceptors (Lipinski definition) is 4. The van der Waals surface area contributed by atoms with E-state index in [2.05, 4.69) is 12.2 Å². The third-order valence-electron chi connectivity index (χ3n) is 4.33. The lowest BCUT2D eigenvalue weighted by molar-refractivity contribution is 0.100. The van der Waals surface area contributed by atoms with E-state index in [0.717, 1.165) is 41.9 Å². The summed E-state index contributed by atoms with van der Waals surface area (Å²) in [7, 11) is 0. The Morgan fingerprint density at radius 2 is 1.96 bits per heavy atom. The SMILES string of the molecule is CCSc1ccccc1C(=O)Nc1sc2c(c1C(N)=O)CCCCC2. The smallest absolute Gasteiger partial charge is 0.257 e. The van der Waals surface area contributed by atoms with Gasteiger partial charge in [-0.05, 0) is 49.1 Å². The van der Waals surface area contributed by atoms with Crippen LogP contribution >= 0.6 is 23.1 Å². The van der Waals surface area contributed by atoms with Crippen LogP contribution in [-0.2, 0) is 12.8 Å². The molecule has 1 aliphatic rings. The first-order valence-electron chi connectivity index (χ1n) is 8.59. The van der Waals surface area contributed by atoms with Crippen molar-refractivity contribution >= 4 is 39.9 Å². The molecule has 3 rings (SSSR count). The van der Waals surface area contributed by atoms with E-state index >= 15 is 0 Å². The Labute approximate surface area is 156 Å². The molecule has 0 aliphatic heterocycles. The van der Waals surface area contributed by atoms with E-state index < -0.39 is 5.91 Å². The van der Waals surface area contributed by atoms with Gasteiger partial charge < -0.3 is 11.1 Å². The molecular formula is C19H22N2O2S2. The molecule has 0 saturated heterocycles. The third kappa shape index (κ3) is 3.90. The van der Waals surface area contributed by atoms with Crippen LogP contribution in [0.25, 0.3) is 0 Å². The minimum absolute atomic E-state index is 0.185. The number of carbonyl (C=O) groups excluding carboxylic acids is 2. The molecule has 25 heavy (non-hydrogen) atoms. The summed E-state index contributed by atoms with van der Waals surface area (Å²) >= 11 is 3.14. The van der Waals surface area contributed by atoms with Gasteiger partial charge in [0.15, 0.2) is 0 Å². The van der Waals surface area contributed by atoms with Crippen LogP contribution in [0.5, 0.6) is 0 Å². The van der Waals surface area contributed by atoms with Crippen LogP contribution in [0.4, 0.5) is 5.00 Å². The zero-order chi connectivity index (χ0) is 17.8. The summed E-state index contributed by atoms with van der Waals surface area (Å²) in [6.45, 7) is 2.06. The molecule has 4 nitrogen and oxygen atoms in total. The molecule has 0 saturated carbocycles. The highest BCUT2D eigenvalue weighted by Crippen LogP contribution is 2.37. The van der Waals surface area contributed by atoms with Crippen molar-refractivity contribution in [2.75, 3.05) is 11.1 Å². The average molecular weight is 375 g/mol. The monoisotopic (exact) mass is 374 g/mol. The second-order valence-corrected chi connectivity index (χ2v) is 8.43. The van der Waals surface area contributed by atoms with Crippen LogP contribution in [-0.4, -0.2) is 17.6 Å². The Kier molecular flexibility index (Phi) is 5.81. The van der Waals surface area contributed by atoms with Crippen LogP contribution < -0.4 is 11.1 Å². The highest BCUT2D eigenvalue weighted by atomic mass is 32.2. The van der Waals surface area contributed by atoms with Gasteiger partial charge in [0, 0.05) is 9.77 Å². The number of hydrogen-bond donors (Lipinski definition) is 2. The van der Waals surface area contributed by atoms with Crippen molar-refractivity contribution in [1.82, 2.24) is 0 Å². The number of anilines is 1. The average Bonchev–Trinajstić information content (AvgIpc) is 2.77. The van der Waals surface area contributed by atoms with Crippen molar-refractivity contribution in [2.24, 2.45) is 5.73 Å². The third-order valence-corrected chi connectivity index (χ3v) is 6.49. The highest BCUT2D eigenvalue weighted by molar-refractivity contribution is 7.99. The van der Waals surface area contributed by atoms with Gasteiger partial charge in [0.1, 0.15) is 5.00 Å². The minimum Gasteiger partial charge on any atom is -0.365 e. The van der Waals surface area contributed by atoms with Gasteiger partial charge >= 0.3 is 0 Å². The molecule has 0 fully saturated rings. The van der Waals surface area contributed by atoms with Crippen LogP contribution in [0.1, 0.15) is 57.3 Å². The fraction of sp³-hybridized carbons (Fsp3) is 0.368. The lowest BCUT2D eigenvalue weighted by Crippen LogP contribution is -2.18. The number of thiophene rings is 1. The van der Waals surface area contributed by atoms with Crippen molar-refractivity contribution in [2.45, 2.75) is 43.9 Å². The molecule has 1 aliphatic carbocycles. The molecule has 132 valence electrons. The number of primary amides is 1. The molecule has 2 amide bonds. The first kappa shape index (κ1) is 18.0. The lowest BCUT2D eigenvalue weighted by Gasteiger charge is -2.09. The number of rotatable bonds is 5. The Morgan fingerprint density at radius 3 is 2.72 bits per heavy atom. The van der Waals surface area contributed by atoms with Crippen LogP contribution in [0.2, 0.25) is 0 Å². The summed E-state index contributed by atoms with van der Waals surface area (Å²) in [6.07, 6.45) is 5.17. The first-order valence-corrected chi connectivity index (χ1v) is 10.4. The van der Waals surface area contributed by atoms with Crippen molar-refractivity contribution in [3.63, 3.8) is 0 Å².